The Balaban J connectivity index is 1.98. The summed E-state index contributed by atoms with van der Waals surface area (Å²) in [6.45, 7) is -0.664. The number of carbonyl (C=O) groups is 1. The second kappa shape index (κ2) is 6.70. The van der Waals surface area contributed by atoms with Crippen LogP contribution in [0, 0.1) is 10.1 Å². The van der Waals surface area contributed by atoms with E-state index in [0.717, 1.165) is 12.1 Å². The van der Waals surface area contributed by atoms with Gasteiger partial charge < -0.3 is 10.5 Å². The Labute approximate surface area is 136 Å². The van der Waals surface area contributed by atoms with Gasteiger partial charge in [0.25, 0.3) is 5.69 Å². The maximum Gasteiger partial charge on any atom is 0.434 e. The largest absolute Gasteiger partial charge is 0.444 e. The minimum absolute atomic E-state index is 0.177. The van der Waals surface area contributed by atoms with Crippen LogP contribution in [0.3, 0.4) is 0 Å². The van der Waals surface area contributed by atoms with Crippen LogP contribution >= 0.6 is 11.3 Å². The lowest BCUT2D eigenvalue weighted by molar-refractivity contribution is -0.384. The normalized spacial score (nSPS) is 11.1. The molecule has 0 aliphatic heterocycles. The van der Waals surface area contributed by atoms with E-state index < -0.39 is 29.5 Å². The van der Waals surface area contributed by atoms with Gasteiger partial charge in [-0.1, -0.05) is 11.3 Å². The van der Waals surface area contributed by atoms with Crippen molar-refractivity contribution >= 4 is 33.9 Å². The van der Waals surface area contributed by atoms with Crippen LogP contribution in [0.2, 0.25) is 0 Å². The number of thiazole rings is 1. The Morgan fingerprint density at radius 3 is 2.54 bits per heavy atom. The number of nitro groups is 1. The van der Waals surface area contributed by atoms with E-state index in [1.165, 1.54) is 12.1 Å². The zero-order valence-corrected chi connectivity index (χ0v) is 12.5. The highest BCUT2D eigenvalue weighted by atomic mass is 32.1. The van der Waals surface area contributed by atoms with Crippen molar-refractivity contribution in [2.75, 3.05) is 11.1 Å². The molecule has 12 heteroatoms. The number of nitrogen functional groups attached to an aromatic ring is 1. The number of non-ortho nitro benzene ring substituents is 1. The number of hydrogen-bond acceptors (Lipinski definition) is 7. The van der Waals surface area contributed by atoms with Gasteiger partial charge in [-0.3, -0.25) is 15.4 Å². The third-order valence-corrected chi connectivity index (χ3v) is 3.50. The van der Waals surface area contributed by atoms with Crippen molar-refractivity contribution in [1.82, 2.24) is 4.98 Å². The number of nitrogens with one attached hydrogen (secondary N) is 1. The van der Waals surface area contributed by atoms with Crippen LogP contribution in [0.1, 0.15) is 10.6 Å². The molecule has 0 fully saturated rings. The van der Waals surface area contributed by atoms with Gasteiger partial charge in [0.15, 0.2) is 10.8 Å². The van der Waals surface area contributed by atoms with Gasteiger partial charge in [0.05, 0.1) is 9.80 Å². The predicted octanol–water partition coefficient (Wildman–Crippen LogP) is 3.40. The summed E-state index contributed by atoms with van der Waals surface area (Å²) < 4.78 is 42.8. The van der Waals surface area contributed by atoms with Crippen LogP contribution in [0.25, 0.3) is 0 Å². The molecule has 0 aliphatic rings. The van der Waals surface area contributed by atoms with Gasteiger partial charge in [-0.2, -0.15) is 13.2 Å². The fourth-order valence-electron chi connectivity index (χ4n) is 1.64. The standard InChI is InChI=1S/C12H9F3N4O4S/c13-12(14,15)9-8(24-10(16)18-9)5-23-11(20)17-6-1-3-7(4-2-6)19(21)22/h1-4H,5H2,(H2,16,18)(H,17,20). The number of ether oxygens (including phenoxy) is 1. The molecule has 1 aromatic heterocycles. The lowest BCUT2D eigenvalue weighted by atomic mass is 10.3. The van der Waals surface area contributed by atoms with E-state index in [9.17, 15) is 28.1 Å². The van der Waals surface area contributed by atoms with E-state index in [-0.39, 0.29) is 21.4 Å². The maximum absolute atomic E-state index is 12.7. The molecule has 24 heavy (non-hydrogen) atoms. The molecule has 1 amide bonds. The summed E-state index contributed by atoms with van der Waals surface area (Å²) in [6.07, 6.45) is -5.73. The number of alkyl halides is 3. The summed E-state index contributed by atoms with van der Waals surface area (Å²) in [5.41, 5.74) is 4.05. The van der Waals surface area contributed by atoms with E-state index in [4.69, 9.17) is 5.73 Å². The molecule has 1 aromatic carbocycles. The second-order valence-corrected chi connectivity index (χ2v) is 5.44. The van der Waals surface area contributed by atoms with Gasteiger partial charge in [-0.25, -0.2) is 9.78 Å². The van der Waals surface area contributed by atoms with Gasteiger partial charge in [0.2, 0.25) is 0 Å². The van der Waals surface area contributed by atoms with Crippen molar-refractivity contribution < 1.29 is 27.6 Å². The number of aromatic nitrogens is 1. The minimum Gasteiger partial charge on any atom is -0.444 e. The van der Waals surface area contributed by atoms with Gasteiger partial charge in [0, 0.05) is 17.8 Å². The van der Waals surface area contributed by atoms with Crippen molar-refractivity contribution in [3.8, 4) is 0 Å². The molecule has 2 rings (SSSR count). The van der Waals surface area contributed by atoms with Crippen LogP contribution in [0.5, 0.6) is 0 Å². The number of amides is 1. The topological polar surface area (TPSA) is 120 Å². The van der Waals surface area contributed by atoms with E-state index in [0.29, 0.717) is 11.3 Å². The number of benzene rings is 1. The lowest BCUT2D eigenvalue weighted by Gasteiger charge is -2.08. The van der Waals surface area contributed by atoms with Gasteiger partial charge in [-0.15, -0.1) is 0 Å². The van der Waals surface area contributed by atoms with Crippen LogP contribution in [0.4, 0.5) is 34.5 Å². The van der Waals surface area contributed by atoms with E-state index in [1.54, 1.807) is 0 Å². The molecule has 0 atom stereocenters. The molecule has 128 valence electrons. The number of nitrogens with zero attached hydrogens (tertiary/aromatic N) is 2. The average Bonchev–Trinajstić information content (AvgIpc) is 2.87. The van der Waals surface area contributed by atoms with Crippen LogP contribution in [-0.4, -0.2) is 16.0 Å². The second-order valence-electron chi connectivity index (χ2n) is 4.33. The summed E-state index contributed by atoms with van der Waals surface area (Å²) in [5, 5.41) is 12.4. The molecule has 0 saturated heterocycles. The molecule has 3 N–H and O–H groups in total. The first-order valence-corrected chi connectivity index (χ1v) is 6.99. The van der Waals surface area contributed by atoms with Crippen molar-refractivity contribution in [1.29, 1.82) is 0 Å². The highest BCUT2D eigenvalue weighted by molar-refractivity contribution is 7.15. The van der Waals surface area contributed by atoms with E-state index >= 15 is 0 Å². The summed E-state index contributed by atoms with van der Waals surface area (Å²) in [7, 11) is 0. The molecule has 2 aromatic rings. The highest BCUT2D eigenvalue weighted by Gasteiger charge is 2.37. The van der Waals surface area contributed by atoms with Gasteiger partial charge in [-0.05, 0) is 12.1 Å². The Morgan fingerprint density at radius 2 is 2.00 bits per heavy atom. The van der Waals surface area contributed by atoms with E-state index in [1.807, 2.05) is 0 Å². The summed E-state index contributed by atoms with van der Waals surface area (Å²) >= 11 is 0.561. The fourth-order valence-corrected chi connectivity index (χ4v) is 2.41. The fraction of sp³-hybridized carbons (Fsp3) is 0.167. The maximum atomic E-state index is 12.7. The Hall–Kier alpha value is -2.89. The number of nitrogens with two attached hydrogens (primary N) is 1. The van der Waals surface area contributed by atoms with Gasteiger partial charge >= 0.3 is 12.3 Å². The average molecular weight is 362 g/mol. The first kappa shape index (κ1) is 17.5. The lowest BCUT2D eigenvalue weighted by Crippen LogP contribution is -2.15. The zero-order valence-electron chi connectivity index (χ0n) is 11.7. The molecular weight excluding hydrogens is 353 g/mol. The number of hydrogen-bond donors (Lipinski definition) is 2. The van der Waals surface area contributed by atoms with Crippen molar-refractivity contribution in [2.24, 2.45) is 0 Å². The summed E-state index contributed by atoms with van der Waals surface area (Å²) in [4.78, 5) is 24.3. The Bertz CT molecular complexity index is 761. The van der Waals surface area contributed by atoms with Crippen molar-refractivity contribution in [2.45, 2.75) is 12.8 Å². The SMILES string of the molecule is Nc1nc(C(F)(F)F)c(COC(=O)Nc2ccc([N+](=O)[O-])cc2)s1. The zero-order chi connectivity index (χ0) is 17.9. The molecule has 0 spiro atoms. The van der Waals surface area contributed by atoms with Crippen molar-refractivity contribution in [3.63, 3.8) is 0 Å². The smallest absolute Gasteiger partial charge is 0.434 e. The quantitative estimate of drug-likeness (QED) is 0.635. The predicted molar refractivity (Wildman–Crippen MR) is 78.4 cm³/mol. The van der Waals surface area contributed by atoms with Crippen LogP contribution in [0.15, 0.2) is 24.3 Å². The molecule has 8 nitrogen and oxygen atoms in total. The summed E-state index contributed by atoms with van der Waals surface area (Å²) in [5.74, 6) is 0. The molecule has 0 aliphatic carbocycles. The number of rotatable bonds is 4. The number of carbonyl (C=O) groups excluding carboxylic acids is 1. The molecule has 0 saturated carbocycles. The number of halogens is 3. The molecule has 0 unspecified atom stereocenters. The van der Waals surface area contributed by atoms with Crippen LogP contribution in [-0.2, 0) is 17.5 Å². The summed E-state index contributed by atoms with van der Waals surface area (Å²) in [6, 6.07) is 4.82. The third-order valence-electron chi connectivity index (χ3n) is 2.64. The first-order valence-electron chi connectivity index (χ1n) is 6.17. The third kappa shape index (κ3) is 4.32. The van der Waals surface area contributed by atoms with Crippen LogP contribution < -0.4 is 11.1 Å². The highest BCUT2D eigenvalue weighted by Crippen LogP contribution is 2.35. The first-order chi connectivity index (χ1) is 11.2. The molecular formula is C12H9F3N4O4S. The molecule has 1 heterocycles. The Kier molecular flexibility index (Phi) is 4.87. The van der Waals surface area contributed by atoms with Gasteiger partial charge in [0.1, 0.15) is 6.61 Å². The minimum atomic E-state index is -4.71. The van der Waals surface area contributed by atoms with E-state index in [2.05, 4.69) is 15.0 Å². The number of anilines is 2. The molecule has 0 bridgehead atoms. The monoisotopic (exact) mass is 362 g/mol. The number of nitro benzene ring substituents is 1. The van der Waals surface area contributed by atoms with Crippen molar-refractivity contribution in [3.05, 3.63) is 45.0 Å². The Morgan fingerprint density at radius 1 is 1.38 bits per heavy atom. The molecule has 0 radical (unpaired) electrons.